The molecule has 0 amide bonds. The van der Waals surface area contributed by atoms with Crippen LogP contribution in [0.25, 0.3) is 0 Å². The van der Waals surface area contributed by atoms with Crippen LogP contribution in [0.2, 0.25) is 5.04 Å². The van der Waals surface area contributed by atoms with Crippen molar-refractivity contribution in [1.29, 1.82) is 0 Å². The minimum Gasteiger partial charge on any atom is -0.407 e. The van der Waals surface area contributed by atoms with E-state index in [2.05, 4.69) is 235 Å². The zero-order chi connectivity index (χ0) is 42.4. The number of hydrogen-bond acceptors (Lipinski definition) is 1. The number of rotatable bonds is 12. The van der Waals surface area contributed by atoms with Crippen LogP contribution in [0.5, 0.6) is 0 Å². The molecule has 0 fully saturated rings. The summed E-state index contributed by atoms with van der Waals surface area (Å²) in [5.74, 6) is 1.17. The Morgan fingerprint density at radius 3 is 0.932 bits per heavy atom. The van der Waals surface area contributed by atoms with Gasteiger partial charge < -0.3 is 4.43 Å². The Labute approximate surface area is 376 Å². The summed E-state index contributed by atoms with van der Waals surface area (Å²) in [5, 5.41) is 8.44. The maximum atomic E-state index is 7.50. The Hall–Kier alpha value is -3.93. The van der Waals surface area contributed by atoms with Crippen LogP contribution in [0, 0.1) is 39.3 Å². The third kappa shape index (κ3) is 17.7. The molecular formula is C49H46Co2O5P2Si. The van der Waals surface area contributed by atoms with Crippen LogP contribution in [0.3, 0.4) is 0 Å². The van der Waals surface area contributed by atoms with E-state index in [0.29, 0.717) is 13.0 Å². The summed E-state index contributed by atoms with van der Waals surface area (Å²) in [4.78, 5) is 0. The topological polar surface area (TPSA) is 88.8 Å². The van der Waals surface area contributed by atoms with Crippen LogP contribution in [-0.2, 0) is 56.6 Å². The molecule has 0 unspecified atom stereocenters. The normalized spacial score (nSPS) is 9.71. The maximum absolute atomic E-state index is 7.50. The van der Waals surface area contributed by atoms with E-state index in [0.717, 1.165) is 0 Å². The van der Waals surface area contributed by atoms with Crippen molar-refractivity contribution in [1.82, 2.24) is 0 Å². The maximum Gasteiger partial charge on any atom is 0.261 e. The van der Waals surface area contributed by atoms with Crippen LogP contribution >= 0.6 is 15.8 Å². The van der Waals surface area contributed by atoms with Gasteiger partial charge in [-0.05, 0) is 65.0 Å². The summed E-state index contributed by atoms with van der Waals surface area (Å²) in [6.07, 6.45) is 3.34. The molecular weight excluding hydrogens is 876 g/mol. The molecule has 304 valence electrons. The second kappa shape index (κ2) is 33.9. The summed E-state index contributed by atoms with van der Waals surface area (Å²) in [6.45, 7) is 30.8. The van der Waals surface area contributed by atoms with E-state index in [1.54, 1.807) is 0 Å². The fourth-order valence-corrected chi connectivity index (χ4v) is 17.3. The molecule has 0 saturated carbocycles. The molecule has 0 spiro atoms. The van der Waals surface area contributed by atoms with Gasteiger partial charge in [0.15, 0.2) is 0 Å². The van der Waals surface area contributed by atoms with Gasteiger partial charge in [0, 0.05) is 46.1 Å². The van der Waals surface area contributed by atoms with E-state index in [9.17, 15) is 0 Å². The van der Waals surface area contributed by atoms with Crippen molar-refractivity contribution in [3.05, 3.63) is 221 Å². The van der Waals surface area contributed by atoms with Crippen LogP contribution in [0.15, 0.2) is 182 Å². The fraction of sp³-hybridized carbons (Fsp3) is 0.143. The van der Waals surface area contributed by atoms with E-state index in [1.165, 1.54) is 37.5 Å². The molecule has 6 aromatic carbocycles. The van der Waals surface area contributed by atoms with Gasteiger partial charge in [0.2, 0.25) is 0 Å². The molecule has 0 aromatic heterocycles. The molecule has 10 heteroatoms. The van der Waals surface area contributed by atoms with Gasteiger partial charge in [-0.3, -0.25) is 0 Å². The SMILES string of the molecule is [C-]#[O+].[C-]#[O+].[C-]#[O+].[C-]#[O+].[CH]=[C]CCO[Si](c1ccccc1)(c1ccccc1)C(C)(C)C.[Co].[Co].c1ccc(P(CP(c2ccccc2)c2ccccc2)c2ccccc2)cc1. The molecule has 0 N–H and O–H groups in total. The predicted molar refractivity (Wildman–Crippen MR) is 234 cm³/mol. The second-order valence-electron chi connectivity index (χ2n) is 12.8. The summed E-state index contributed by atoms with van der Waals surface area (Å²) in [5.41, 5.74) is 0. The zero-order valence-electron chi connectivity index (χ0n) is 33.1. The van der Waals surface area contributed by atoms with Gasteiger partial charge in [-0.1, -0.05) is 209 Å². The van der Waals surface area contributed by atoms with Gasteiger partial charge >= 0.3 is 45.2 Å². The average molecular weight is 923 g/mol. The zero-order valence-corrected chi connectivity index (χ0v) is 38.0. The summed E-state index contributed by atoms with van der Waals surface area (Å²) in [6, 6.07) is 65.4. The van der Waals surface area contributed by atoms with Gasteiger partial charge in [0.05, 0.1) is 0 Å². The Balaban J connectivity index is 0. The Morgan fingerprint density at radius 2 is 0.712 bits per heavy atom. The standard InChI is InChI=1S/C25H22P2.C20H24OSi.4CO.2Co/c1-5-13-22(14-6-1)26(23-15-7-2-8-16-23)21-27(24-17-9-3-10-18-24)25-19-11-4-12-20-25;1-5-6-17-21-22(20(2,3)4,18-13-9-7-10-14-18)19-15-11-8-12-16-19;4*1-2;;/h1-20H,21H2;1,7-16H,6,17H2,2-4H3;;;;;;. The van der Waals surface area contributed by atoms with Crippen molar-refractivity contribution in [2.75, 3.05) is 12.5 Å². The smallest absolute Gasteiger partial charge is 0.261 e. The summed E-state index contributed by atoms with van der Waals surface area (Å²) >= 11 is 0. The van der Waals surface area contributed by atoms with Crippen molar-refractivity contribution < 1.29 is 56.6 Å². The van der Waals surface area contributed by atoms with Crippen LogP contribution < -0.4 is 31.6 Å². The largest absolute Gasteiger partial charge is 0.407 e. The Kier molecular flexibility index (Phi) is 32.8. The first-order valence-electron chi connectivity index (χ1n) is 17.7. The minimum absolute atomic E-state index is 0. The van der Waals surface area contributed by atoms with Crippen molar-refractivity contribution in [3.8, 4) is 0 Å². The van der Waals surface area contributed by atoms with Crippen LogP contribution in [-0.4, -0.2) is 20.8 Å². The van der Waals surface area contributed by atoms with Gasteiger partial charge in [-0.25, -0.2) is 0 Å². The summed E-state index contributed by atoms with van der Waals surface area (Å²) < 4.78 is 36.6. The molecule has 0 heterocycles. The molecule has 5 nitrogen and oxygen atoms in total. The van der Waals surface area contributed by atoms with E-state index >= 15 is 0 Å². The first-order valence-corrected chi connectivity index (χ1v) is 22.7. The quantitative estimate of drug-likeness (QED) is 0.0397. The Morgan fingerprint density at radius 1 is 0.475 bits per heavy atom. The van der Waals surface area contributed by atoms with Crippen molar-refractivity contribution in [2.24, 2.45) is 0 Å². The predicted octanol–water partition coefficient (Wildman–Crippen LogP) is 8.80. The van der Waals surface area contributed by atoms with Gasteiger partial charge in [-0.15, -0.1) is 0 Å². The average Bonchev–Trinajstić information content (AvgIpc) is 3.30. The van der Waals surface area contributed by atoms with Crippen molar-refractivity contribution >= 4 is 55.8 Å². The number of hydrogen-bond donors (Lipinski definition) is 0. The minimum atomic E-state index is -2.38. The molecule has 59 heavy (non-hydrogen) atoms. The molecule has 0 aliphatic carbocycles. The molecule has 4 radical (unpaired) electrons. The van der Waals surface area contributed by atoms with E-state index < -0.39 is 24.2 Å². The molecule has 6 rings (SSSR count). The van der Waals surface area contributed by atoms with Crippen molar-refractivity contribution in [2.45, 2.75) is 32.2 Å². The molecule has 6 aromatic rings. The van der Waals surface area contributed by atoms with Crippen LogP contribution in [0.1, 0.15) is 27.2 Å². The third-order valence-electron chi connectivity index (χ3n) is 8.54. The van der Waals surface area contributed by atoms with Gasteiger partial charge in [0.25, 0.3) is 8.32 Å². The van der Waals surface area contributed by atoms with Gasteiger partial charge in [0.1, 0.15) is 0 Å². The fourth-order valence-electron chi connectivity index (χ4n) is 6.22. The molecule has 0 aliphatic heterocycles. The van der Waals surface area contributed by atoms with E-state index in [-0.39, 0.29) is 38.6 Å². The summed E-state index contributed by atoms with van der Waals surface area (Å²) in [7, 11) is -3.20. The number of benzene rings is 6. The molecule has 0 aliphatic rings. The first-order chi connectivity index (χ1) is 27.9. The molecule has 0 atom stereocenters. The third-order valence-corrected chi connectivity index (χ3v) is 19.5. The van der Waals surface area contributed by atoms with Gasteiger partial charge in [-0.2, -0.15) is 0 Å². The van der Waals surface area contributed by atoms with Crippen molar-refractivity contribution in [3.63, 3.8) is 0 Å². The Bertz CT molecular complexity index is 1790. The van der Waals surface area contributed by atoms with E-state index in [4.69, 9.17) is 29.6 Å². The molecule has 0 bridgehead atoms. The van der Waals surface area contributed by atoms with E-state index in [1.807, 2.05) is 0 Å². The molecule has 0 saturated heterocycles. The second-order valence-corrected chi connectivity index (χ2v) is 22.0. The monoisotopic (exact) mass is 922 g/mol. The first kappa shape index (κ1) is 57.2. The van der Waals surface area contributed by atoms with Crippen LogP contribution in [0.4, 0.5) is 0 Å².